The summed E-state index contributed by atoms with van der Waals surface area (Å²) in [4.78, 5) is 23.4. The van der Waals surface area contributed by atoms with E-state index in [1.165, 1.54) is 43.4 Å². The lowest BCUT2D eigenvalue weighted by molar-refractivity contribution is 0.252. The Hall–Kier alpha value is -4.45. The van der Waals surface area contributed by atoms with Crippen molar-refractivity contribution < 1.29 is 27.2 Å². The number of carbonyl (C=O) groups excluding carboxylic acids is 1. The molecule has 35 heavy (non-hydrogen) atoms. The maximum Gasteiger partial charge on any atom is 0.343 e. The lowest BCUT2D eigenvalue weighted by Crippen LogP contribution is -2.50. The molecule has 0 aliphatic carbocycles. The number of para-hydroxylation sites is 1. The number of hydrogen-bond acceptors (Lipinski definition) is 9. The van der Waals surface area contributed by atoms with Gasteiger partial charge in [0, 0.05) is 12.3 Å². The van der Waals surface area contributed by atoms with Crippen LogP contribution in [0.2, 0.25) is 0 Å². The van der Waals surface area contributed by atoms with Crippen molar-refractivity contribution in [2.75, 3.05) is 23.4 Å². The zero-order chi connectivity index (χ0) is 24.6. The molecule has 11 nitrogen and oxygen atoms in total. The minimum atomic E-state index is -4.22. The first-order valence-electron chi connectivity index (χ1n) is 10.4. The first-order chi connectivity index (χ1) is 16.9. The largest absolute Gasteiger partial charge is 0.493 e. The van der Waals surface area contributed by atoms with Gasteiger partial charge in [-0.3, -0.25) is 9.88 Å². The molecule has 0 bridgehead atoms. The first-order valence-corrected chi connectivity index (χ1v) is 11.8. The molecule has 0 N–H and O–H groups in total. The van der Waals surface area contributed by atoms with E-state index in [1.54, 1.807) is 42.6 Å². The number of methoxy groups -OCH3 is 2. The van der Waals surface area contributed by atoms with Crippen molar-refractivity contribution in [3.63, 3.8) is 0 Å². The number of carbonyl (C=O) groups is 1. The van der Waals surface area contributed by atoms with Gasteiger partial charge in [0.25, 0.3) is 10.0 Å². The Morgan fingerprint density at radius 2 is 1.74 bits per heavy atom. The van der Waals surface area contributed by atoms with Crippen LogP contribution >= 0.6 is 0 Å². The fraction of sp³-hybridized carbons (Fsp3) is 0.130. The van der Waals surface area contributed by atoms with E-state index in [1.807, 2.05) is 0 Å². The van der Waals surface area contributed by atoms with E-state index in [9.17, 15) is 13.2 Å². The molecule has 5 rings (SSSR count). The van der Waals surface area contributed by atoms with Gasteiger partial charge in [-0.05, 0) is 36.4 Å². The van der Waals surface area contributed by atoms with E-state index in [-0.39, 0.29) is 40.3 Å². The Kier molecular flexibility index (Phi) is 5.57. The van der Waals surface area contributed by atoms with Crippen LogP contribution in [0.5, 0.6) is 11.5 Å². The third-order valence-electron chi connectivity index (χ3n) is 5.34. The fourth-order valence-corrected chi connectivity index (χ4v) is 5.30. The summed E-state index contributed by atoms with van der Waals surface area (Å²) in [6, 6.07) is 15.1. The molecule has 2 amide bonds. The number of ether oxygens (including phenoxy) is 2. The minimum absolute atomic E-state index is 0.0427. The average Bonchev–Trinajstić information content (AvgIpc) is 3.36. The Labute approximate surface area is 200 Å². The number of nitrogens with zero attached hydrogens (tertiary/aromatic N) is 5. The van der Waals surface area contributed by atoms with E-state index in [2.05, 4.69) is 15.1 Å². The zero-order valence-corrected chi connectivity index (χ0v) is 19.5. The van der Waals surface area contributed by atoms with Crippen molar-refractivity contribution in [2.45, 2.75) is 11.4 Å². The Morgan fingerprint density at radius 3 is 2.49 bits per heavy atom. The topological polar surface area (TPSA) is 128 Å². The average molecular weight is 494 g/mol. The number of pyridine rings is 1. The van der Waals surface area contributed by atoms with E-state index in [0.29, 0.717) is 15.7 Å². The SMILES string of the molecule is COc1ccc(N2C(=O)N(Cc3nc(-c4ccccn4)no3)c3ccccc3S2(=O)=O)cc1OC. The molecule has 0 fully saturated rings. The van der Waals surface area contributed by atoms with Gasteiger partial charge in [-0.2, -0.15) is 9.29 Å². The van der Waals surface area contributed by atoms with Gasteiger partial charge in [-0.1, -0.05) is 23.4 Å². The van der Waals surface area contributed by atoms with Gasteiger partial charge in [-0.25, -0.2) is 13.2 Å². The number of anilines is 2. The number of benzene rings is 2. The Morgan fingerprint density at radius 1 is 0.971 bits per heavy atom. The Bertz CT molecular complexity index is 1510. The van der Waals surface area contributed by atoms with Gasteiger partial charge in [0.15, 0.2) is 11.5 Å². The van der Waals surface area contributed by atoms with Gasteiger partial charge >= 0.3 is 6.03 Å². The van der Waals surface area contributed by atoms with Crippen LogP contribution in [0.15, 0.2) is 76.3 Å². The second-order valence-corrected chi connectivity index (χ2v) is 9.13. The molecule has 1 aliphatic heterocycles. The molecule has 2 aromatic heterocycles. The molecular formula is C23H19N5O6S. The lowest BCUT2D eigenvalue weighted by Gasteiger charge is -2.35. The van der Waals surface area contributed by atoms with Crippen molar-refractivity contribution in [1.29, 1.82) is 0 Å². The summed E-state index contributed by atoms with van der Waals surface area (Å²) in [5, 5.41) is 3.93. The molecular weight excluding hydrogens is 474 g/mol. The molecule has 0 saturated heterocycles. The third kappa shape index (κ3) is 3.83. The highest BCUT2D eigenvalue weighted by Gasteiger charge is 2.43. The summed E-state index contributed by atoms with van der Waals surface area (Å²) in [6.07, 6.45) is 1.60. The van der Waals surface area contributed by atoms with Crippen molar-refractivity contribution >= 4 is 27.4 Å². The predicted molar refractivity (Wildman–Crippen MR) is 125 cm³/mol. The number of urea groups is 1. The summed E-state index contributed by atoms with van der Waals surface area (Å²) < 4.78 is 43.6. The molecule has 3 heterocycles. The van der Waals surface area contributed by atoms with Crippen LogP contribution in [0.25, 0.3) is 11.5 Å². The predicted octanol–water partition coefficient (Wildman–Crippen LogP) is 3.48. The molecule has 12 heteroatoms. The molecule has 0 radical (unpaired) electrons. The first kappa shape index (κ1) is 22.3. The van der Waals surface area contributed by atoms with E-state index >= 15 is 0 Å². The number of amides is 2. The standard InChI is InChI=1S/C23H19N5O6S/c1-32-18-11-10-15(13-19(18)33-2)28-23(29)27(17-8-3-4-9-20(17)35(28,30)31)14-21-25-22(26-34-21)16-7-5-6-12-24-16/h3-13H,14H2,1-2H3. The van der Waals surface area contributed by atoms with E-state index in [4.69, 9.17) is 14.0 Å². The molecule has 0 atom stereocenters. The van der Waals surface area contributed by atoms with Gasteiger partial charge < -0.3 is 14.0 Å². The van der Waals surface area contributed by atoms with Gasteiger partial charge in [0.1, 0.15) is 17.1 Å². The van der Waals surface area contributed by atoms with Gasteiger partial charge in [0.05, 0.1) is 25.6 Å². The summed E-state index contributed by atoms with van der Waals surface area (Å²) in [7, 11) is -1.34. The van der Waals surface area contributed by atoms with Crippen LogP contribution < -0.4 is 18.7 Å². The van der Waals surface area contributed by atoms with Gasteiger partial charge in [-0.15, -0.1) is 0 Å². The number of aromatic nitrogens is 3. The maximum atomic E-state index is 13.6. The summed E-state index contributed by atoms with van der Waals surface area (Å²) in [6.45, 7) is -0.158. The molecule has 0 spiro atoms. The van der Waals surface area contributed by atoms with E-state index < -0.39 is 16.1 Å². The quantitative estimate of drug-likeness (QED) is 0.396. The summed E-state index contributed by atoms with van der Waals surface area (Å²) >= 11 is 0. The summed E-state index contributed by atoms with van der Waals surface area (Å²) in [5.41, 5.74) is 0.793. The summed E-state index contributed by atoms with van der Waals surface area (Å²) in [5.74, 6) is 1.03. The third-order valence-corrected chi connectivity index (χ3v) is 7.08. The molecule has 178 valence electrons. The Balaban J connectivity index is 1.57. The zero-order valence-electron chi connectivity index (χ0n) is 18.7. The number of hydrogen-bond donors (Lipinski definition) is 0. The molecule has 1 aliphatic rings. The molecule has 0 saturated carbocycles. The normalized spacial score (nSPS) is 14.5. The van der Waals surface area contributed by atoms with Crippen molar-refractivity contribution in [1.82, 2.24) is 15.1 Å². The van der Waals surface area contributed by atoms with Crippen LogP contribution in [0.3, 0.4) is 0 Å². The second-order valence-electron chi connectivity index (χ2n) is 7.37. The van der Waals surface area contributed by atoms with Crippen LogP contribution in [0.4, 0.5) is 16.2 Å². The molecule has 4 aromatic rings. The number of fused-ring (bicyclic) bond motifs is 1. The van der Waals surface area contributed by atoms with Crippen molar-refractivity contribution in [3.8, 4) is 23.0 Å². The lowest BCUT2D eigenvalue weighted by atomic mass is 10.2. The fourth-order valence-electron chi connectivity index (χ4n) is 3.72. The van der Waals surface area contributed by atoms with Crippen LogP contribution in [0, 0.1) is 0 Å². The van der Waals surface area contributed by atoms with Crippen molar-refractivity contribution in [3.05, 3.63) is 72.8 Å². The van der Waals surface area contributed by atoms with Crippen LogP contribution in [-0.4, -0.2) is 43.8 Å². The highest BCUT2D eigenvalue weighted by molar-refractivity contribution is 7.94. The van der Waals surface area contributed by atoms with Crippen LogP contribution in [0.1, 0.15) is 5.89 Å². The van der Waals surface area contributed by atoms with Crippen LogP contribution in [-0.2, 0) is 16.6 Å². The highest BCUT2D eigenvalue weighted by Crippen LogP contribution is 2.40. The van der Waals surface area contributed by atoms with E-state index in [0.717, 1.165) is 0 Å². The number of rotatable bonds is 6. The second kappa shape index (κ2) is 8.72. The number of sulfonamides is 1. The molecule has 0 unspecified atom stereocenters. The highest BCUT2D eigenvalue weighted by atomic mass is 32.2. The van der Waals surface area contributed by atoms with Crippen molar-refractivity contribution in [2.24, 2.45) is 0 Å². The minimum Gasteiger partial charge on any atom is -0.493 e. The van der Waals surface area contributed by atoms with Gasteiger partial charge in [0.2, 0.25) is 11.7 Å². The monoisotopic (exact) mass is 493 g/mol. The molecule has 2 aromatic carbocycles. The maximum absolute atomic E-state index is 13.6. The smallest absolute Gasteiger partial charge is 0.343 e.